The Balaban J connectivity index is 1.81. The third kappa shape index (κ3) is 2.06. The van der Waals surface area contributed by atoms with Gasteiger partial charge in [0.15, 0.2) is 0 Å². The lowest BCUT2D eigenvalue weighted by Gasteiger charge is -2.34. The lowest BCUT2D eigenvalue weighted by Crippen LogP contribution is -2.38. The molecule has 0 radical (unpaired) electrons. The van der Waals surface area contributed by atoms with E-state index < -0.39 is 0 Å². The summed E-state index contributed by atoms with van der Waals surface area (Å²) in [4.78, 5) is 4.59. The number of fused-ring (bicyclic) bond motifs is 1. The minimum atomic E-state index is 0.297. The molecule has 1 aliphatic rings. The van der Waals surface area contributed by atoms with Crippen molar-refractivity contribution >= 4 is 10.9 Å². The first-order valence-electron chi connectivity index (χ1n) is 6.49. The molecule has 1 aliphatic carbocycles. The highest BCUT2D eigenvalue weighted by atomic mass is 16.5. The molecule has 0 bridgehead atoms. The van der Waals surface area contributed by atoms with E-state index in [2.05, 4.69) is 17.1 Å². The van der Waals surface area contributed by atoms with Gasteiger partial charge in [0.1, 0.15) is 6.10 Å². The first-order valence-corrected chi connectivity index (χ1v) is 6.49. The molecule has 3 nitrogen and oxygen atoms in total. The number of nitrogens with two attached hydrogens (primary N) is 1. The first-order chi connectivity index (χ1) is 8.76. The number of ether oxygens (including phenoxy) is 1. The van der Waals surface area contributed by atoms with Crippen molar-refractivity contribution in [2.75, 3.05) is 6.54 Å². The maximum absolute atomic E-state index is 5.95. The molecule has 0 amide bonds. The Morgan fingerprint density at radius 1 is 1.33 bits per heavy atom. The summed E-state index contributed by atoms with van der Waals surface area (Å²) in [6, 6.07) is 10.3. The van der Waals surface area contributed by atoms with E-state index in [4.69, 9.17) is 10.5 Å². The minimum Gasteiger partial charge on any atom is -0.474 e. The molecule has 0 aliphatic heterocycles. The fourth-order valence-electron chi connectivity index (χ4n) is 2.44. The molecule has 0 atom stereocenters. The van der Waals surface area contributed by atoms with Crippen molar-refractivity contribution in [3.63, 3.8) is 0 Å². The predicted molar refractivity (Wildman–Crippen MR) is 72.7 cm³/mol. The number of pyridine rings is 1. The van der Waals surface area contributed by atoms with Gasteiger partial charge in [-0.15, -0.1) is 0 Å². The monoisotopic (exact) mass is 242 g/mol. The number of hydrogen-bond acceptors (Lipinski definition) is 3. The van der Waals surface area contributed by atoms with Crippen LogP contribution in [0.1, 0.15) is 18.4 Å². The molecular weight excluding hydrogens is 224 g/mol. The Kier molecular flexibility index (Phi) is 2.92. The Morgan fingerprint density at radius 2 is 2.11 bits per heavy atom. The molecule has 0 unspecified atom stereocenters. The summed E-state index contributed by atoms with van der Waals surface area (Å²) < 4.78 is 5.95. The van der Waals surface area contributed by atoms with Gasteiger partial charge in [0, 0.05) is 10.9 Å². The maximum Gasteiger partial charge on any atom is 0.217 e. The van der Waals surface area contributed by atoms with Gasteiger partial charge >= 0.3 is 0 Å². The molecule has 2 N–H and O–H groups in total. The van der Waals surface area contributed by atoms with Gasteiger partial charge in [0.2, 0.25) is 5.88 Å². The Labute approximate surface area is 107 Å². The topological polar surface area (TPSA) is 48.1 Å². The highest BCUT2D eigenvalue weighted by Crippen LogP contribution is 2.31. The number of benzene rings is 1. The molecule has 1 saturated carbocycles. The van der Waals surface area contributed by atoms with Gasteiger partial charge in [-0.05, 0) is 44.4 Å². The van der Waals surface area contributed by atoms with Gasteiger partial charge in [-0.2, -0.15) is 0 Å². The molecule has 3 heteroatoms. The number of nitrogens with zero attached hydrogens (tertiary/aromatic N) is 1. The van der Waals surface area contributed by atoms with Gasteiger partial charge in [0.25, 0.3) is 0 Å². The van der Waals surface area contributed by atoms with E-state index in [0.717, 1.165) is 41.7 Å². The molecule has 0 spiro atoms. The summed E-state index contributed by atoms with van der Waals surface area (Å²) in [5, 5.41) is 1.16. The van der Waals surface area contributed by atoms with E-state index >= 15 is 0 Å². The van der Waals surface area contributed by atoms with Crippen LogP contribution in [0, 0.1) is 12.8 Å². The van der Waals surface area contributed by atoms with Crippen LogP contribution < -0.4 is 10.5 Å². The Bertz CT molecular complexity index is 561. The molecule has 18 heavy (non-hydrogen) atoms. The number of aromatic nitrogens is 1. The van der Waals surface area contributed by atoms with Crippen LogP contribution in [0.15, 0.2) is 30.3 Å². The molecular formula is C15H18N2O. The highest BCUT2D eigenvalue weighted by Gasteiger charge is 2.30. The zero-order valence-corrected chi connectivity index (χ0v) is 10.6. The highest BCUT2D eigenvalue weighted by molar-refractivity contribution is 5.79. The molecule has 2 aromatic rings. The summed E-state index contributed by atoms with van der Waals surface area (Å²) in [5.41, 5.74) is 7.72. The number of para-hydroxylation sites is 1. The van der Waals surface area contributed by atoms with E-state index in [-0.39, 0.29) is 0 Å². The predicted octanol–water partition coefficient (Wildman–Crippen LogP) is 2.66. The third-order valence-corrected chi connectivity index (χ3v) is 3.67. The van der Waals surface area contributed by atoms with E-state index in [1.807, 2.05) is 25.1 Å². The van der Waals surface area contributed by atoms with Crippen LogP contribution in [0.5, 0.6) is 5.88 Å². The van der Waals surface area contributed by atoms with Gasteiger partial charge in [0.05, 0.1) is 5.52 Å². The molecule has 0 saturated heterocycles. The minimum absolute atomic E-state index is 0.297. The number of hydrogen-bond donors (Lipinski definition) is 1. The summed E-state index contributed by atoms with van der Waals surface area (Å²) in [6.07, 6.45) is 2.42. The average Bonchev–Trinajstić information content (AvgIpc) is 2.33. The second kappa shape index (κ2) is 4.58. The quantitative estimate of drug-likeness (QED) is 0.900. The van der Waals surface area contributed by atoms with E-state index in [9.17, 15) is 0 Å². The van der Waals surface area contributed by atoms with E-state index in [1.165, 1.54) is 0 Å². The summed E-state index contributed by atoms with van der Waals surface area (Å²) >= 11 is 0. The zero-order chi connectivity index (χ0) is 12.5. The third-order valence-electron chi connectivity index (χ3n) is 3.67. The van der Waals surface area contributed by atoms with Gasteiger partial charge in [-0.25, -0.2) is 4.98 Å². The van der Waals surface area contributed by atoms with Crippen LogP contribution in [0.2, 0.25) is 0 Å². The van der Waals surface area contributed by atoms with Crippen LogP contribution in [0.3, 0.4) is 0 Å². The fourth-order valence-corrected chi connectivity index (χ4v) is 2.44. The van der Waals surface area contributed by atoms with Crippen molar-refractivity contribution in [2.45, 2.75) is 25.9 Å². The van der Waals surface area contributed by atoms with E-state index in [1.54, 1.807) is 0 Å². The maximum atomic E-state index is 5.95. The standard InChI is InChI=1S/C15H18N2O/c1-10-6-12-4-2-3-5-14(12)17-15(10)18-13-7-11(8-13)9-16/h2-6,11,13H,7-9,16H2,1H3. The largest absolute Gasteiger partial charge is 0.474 e. The number of aryl methyl sites for hydroxylation is 1. The second-order valence-corrected chi connectivity index (χ2v) is 5.12. The lowest BCUT2D eigenvalue weighted by atomic mass is 9.82. The van der Waals surface area contributed by atoms with Crippen molar-refractivity contribution in [1.82, 2.24) is 4.98 Å². The average molecular weight is 242 g/mol. The number of rotatable bonds is 3. The summed E-state index contributed by atoms with van der Waals surface area (Å²) in [6.45, 7) is 2.82. The molecule has 1 heterocycles. The first kappa shape index (κ1) is 11.5. The SMILES string of the molecule is Cc1cc2ccccc2nc1OC1CC(CN)C1. The van der Waals surface area contributed by atoms with Gasteiger partial charge < -0.3 is 10.5 Å². The normalized spacial score (nSPS) is 22.8. The second-order valence-electron chi connectivity index (χ2n) is 5.12. The van der Waals surface area contributed by atoms with Gasteiger partial charge in [-0.1, -0.05) is 18.2 Å². The Morgan fingerprint density at radius 3 is 2.89 bits per heavy atom. The van der Waals surface area contributed by atoms with Crippen LogP contribution in [0.25, 0.3) is 10.9 Å². The molecule has 3 rings (SSSR count). The smallest absolute Gasteiger partial charge is 0.217 e. The van der Waals surface area contributed by atoms with Gasteiger partial charge in [-0.3, -0.25) is 0 Å². The Hall–Kier alpha value is -1.61. The lowest BCUT2D eigenvalue weighted by molar-refractivity contribution is 0.0645. The molecule has 1 aromatic carbocycles. The zero-order valence-electron chi connectivity index (χ0n) is 10.6. The van der Waals surface area contributed by atoms with Crippen molar-refractivity contribution in [2.24, 2.45) is 11.7 Å². The van der Waals surface area contributed by atoms with Crippen LogP contribution >= 0.6 is 0 Å². The molecule has 1 fully saturated rings. The molecule has 1 aromatic heterocycles. The summed E-state index contributed by atoms with van der Waals surface area (Å²) in [7, 11) is 0. The van der Waals surface area contributed by atoms with Crippen molar-refractivity contribution in [1.29, 1.82) is 0 Å². The summed E-state index contributed by atoms with van der Waals surface area (Å²) in [5.74, 6) is 1.41. The van der Waals surface area contributed by atoms with Crippen molar-refractivity contribution in [3.8, 4) is 5.88 Å². The van der Waals surface area contributed by atoms with Crippen molar-refractivity contribution < 1.29 is 4.74 Å². The molecule has 94 valence electrons. The van der Waals surface area contributed by atoms with Crippen LogP contribution in [-0.4, -0.2) is 17.6 Å². The van der Waals surface area contributed by atoms with Crippen molar-refractivity contribution in [3.05, 3.63) is 35.9 Å². The fraction of sp³-hybridized carbons (Fsp3) is 0.400. The van der Waals surface area contributed by atoms with E-state index in [0.29, 0.717) is 12.0 Å². The van der Waals surface area contributed by atoms with Crippen LogP contribution in [-0.2, 0) is 0 Å². The van der Waals surface area contributed by atoms with Crippen LogP contribution in [0.4, 0.5) is 0 Å².